The Morgan fingerprint density at radius 3 is 2.71 bits per heavy atom. The number of aliphatic hydroxyl groups is 1. The Kier molecular flexibility index (Phi) is 6.49. The fraction of sp³-hybridized carbons (Fsp3) is 0.333. The second-order valence-electron chi connectivity index (χ2n) is 7.29. The van der Waals surface area contributed by atoms with Gasteiger partial charge in [0, 0.05) is 34.9 Å². The number of nitrogens with one attached hydrogen (secondary N) is 1. The third-order valence-electron chi connectivity index (χ3n) is 5.22. The van der Waals surface area contributed by atoms with Gasteiger partial charge in [-0.25, -0.2) is 4.68 Å². The maximum absolute atomic E-state index is 10.8. The van der Waals surface area contributed by atoms with Gasteiger partial charge in [0.2, 0.25) is 5.13 Å². The zero-order chi connectivity index (χ0) is 22.1. The van der Waals surface area contributed by atoms with Crippen LogP contribution in [-0.4, -0.2) is 40.6 Å². The number of benzene rings is 2. The lowest BCUT2D eigenvalue weighted by Crippen LogP contribution is -2.35. The van der Waals surface area contributed by atoms with Crippen LogP contribution >= 0.6 is 35.2 Å². The summed E-state index contributed by atoms with van der Waals surface area (Å²) in [7, 11) is 3.23. The van der Waals surface area contributed by atoms with E-state index in [4.69, 9.17) is 33.3 Å². The van der Waals surface area contributed by atoms with Gasteiger partial charge in [-0.05, 0) is 49.0 Å². The molecule has 1 unspecified atom stereocenters. The molecule has 1 atom stereocenters. The second-order valence-corrected chi connectivity index (χ2v) is 9.32. The molecule has 0 aliphatic carbocycles. The smallest absolute Gasteiger partial charge is 0.209 e. The van der Waals surface area contributed by atoms with Crippen molar-refractivity contribution in [1.29, 1.82) is 0 Å². The number of aliphatic hydroxyl groups excluding tert-OH is 1. The molecule has 3 aromatic rings. The molecule has 7 nitrogen and oxygen atoms in total. The Bertz CT molecular complexity index is 1160. The molecular formula is C21H23ClN4O3S2. The third-order valence-corrected chi connectivity index (χ3v) is 6.85. The summed E-state index contributed by atoms with van der Waals surface area (Å²) in [6.07, 6.45) is -0.700. The van der Waals surface area contributed by atoms with Crippen LogP contribution in [0.4, 0.5) is 10.8 Å². The summed E-state index contributed by atoms with van der Waals surface area (Å²) in [6, 6.07) is 9.45. The van der Waals surface area contributed by atoms with Gasteiger partial charge in [0.1, 0.15) is 11.5 Å². The summed E-state index contributed by atoms with van der Waals surface area (Å²) < 4.78 is 13.4. The molecule has 2 N–H and O–H groups in total. The lowest BCUT2D eigenvalue weighted by atomic mass is 9.95. The molecule has 164 valence electrons. The SMILES string of the molecule is COc1ccc(OC)c2c1CN(Cn1nc(Nc3ccc(C)c(Cl)c3)sc1=S)CC2O. The Balaban J connectivity index is 1.54. The predicted molar refractivity (Wildman–Crippen MR) is 125 cm³/mol. The molecule has 1 aliphatic heterocycles. The number of aryl methyl sites for hydroxylation is 1. The van der Waals surface area contributed by atoms with Crippen molar-refractivity contribution in [2.75, 3.05) is 26.1 Å². The normalized spacial score (nSPS) is 16.1. The highest BCUT2D eigenvalue weighted by molar-refractivity contribution is 7.73. The van der Waals surface area contributed by atoms with E-state index in [0.29, 0.717) is 39.6 Å². The van der Waals surface area contributed by atoms with Gasteiger partial charge in [-0.1, -0.05) is 29.0 Å². The van der Waals surface area contributed by atoms with Crippen LogP contribution in [0.3, 0.4) is 0 Å². The van der Waals surface area contributed by atoms with Gasteiger partial charge < -0.3 is 19.9 Å². The van der Waals surface area contributed by atoms with Gasteiger partial charge in [-0.15, -0.1) is 5.10 Å². The van der Waals surface area contributed by atoms with Crippen LogP contribution in [0.5, 0.6) is 11.5 Å². The minimum absolute atomic E-state index is 0.437. The molecule has 0 radical (unpaired) electrons. The van der Waals surface area contributed by atoms with E-state index in [1.807, 2.05) is 37.3 Å². The maximum Gasteiger partial charge on any atom is 0.209 e. The first-order chi connectivity index (χ1) is 14.9. The Morgan fingerprint density at radius 1 is 1.26 bits per heavy atom. The van der Waals surface area contributed by atoms with E-state index in [2.05, 4.69) is 15.3 Å². The molecule has 0 saturated carbocycles. The molecule has 2 aromatic carbocycles. The number of anilines is 2. The largest absolute Gasteiger partial charge is 0.496 e. The maximum atomic E-state index is 10.8. The van der Waals surface area contributed by atoms with Gasteiger partial charge in [0.05, 0.1) is 27.0 Å². The highest BCUT2D eigenvalue weighted by Crippen LogP contribution is 2.39. The van der Waals surface area contributed by atoms with Crippen LogP contribution in [0.2, 0.25) is 5.02 Å². The lowest BCUT2D eigenvalue weighted by molar-refractivity contribution is 0.0673. The first-order valence-corrected chi connectivity index (χ1v) is 11.2. The van der Waals surface area contributed by atoms with Crippen molar-refractivity contribution in [3.05, 3.63) is 56.0 Å². The zero-order valence-corrected chi connectivity index (χ0v) is 19.8. The number of rotatable bonds is 6. The highest BCUT2D eigenvalue weighted by atomic mass is 35.5. The summed E-state index contributed by atoms with van der Waals surface area (Å²) >= 11 is 13.1. The standard InChI is InChI=1S/C21H23ClN4O3S2/c1-12-4-5-13(8-15(12)22)23-20-24-26(21(30)31-20)11-25-9-14-17(28-2)6-7-18(29-3)19(14)16(27)10-25/h4-8,16,27H,9-11H2,1-3H3,(H,23,24). The quantitative estimate of drug-likeness (QED) is 0.488. The molecule has 1 aliphatic rings. The minimum Gasteiger partial charge on any atom is -0.496 e. The fourth-order valence-corrected chi connectivity index (χ4v) is 4.88. The van der Waals surface area contributed by atoms with Gasteiger partial charge >= 0.3 is 0 Å². The number of fused-ring (bicyclic) bond motifs is 1. The molecule has 0 amide bonds. The number of hydrogen-bond acceptors (Lipinski definition) is 8. The summed E-state index contributed by atoms with van der Waals surface area (Å²) in [4.78, 5) is 2.08. The molecule has 10 heteroatoms. The van der Waals surface area contributed by atoms with Crippen LogP contribution < -0.4 is 14.8 Å². The van der Waals surface area contributed by atoms with Crippen molar-refractivity contribution >= 4 is 46.0 Å². The highest BCUT2D eigenvalue weighted by Gasteiger charge is 2.30. The summed E-state index contributed by atoms with van der Waals surface area (Å²) in [5.41, 5.74) is 3.56. The molecule has 0 bridgehead atoms. The number of nitrogens with zero attached hydrogens (tertiary/aromatic N) is 3. The Morgan fingerprint density at radius 2 is 2.00 bits per heavy atom. The monoisotopic (exact) mass is 478 g/mol. The number of halogens is 1. The number of ether oxygens (including phenoxy) is 2. The summed E-state index contributed by atoms with van der Waals surface area (Å²) in [6.45, 7) is 3.43. The first kappa shape index (κ1) is 22.0. The number of β-amino-alcohol motifs (C(OH)–C–C–N with tert-alkyl or cyclic N) is 1. The Labute approximate surface area is 194 Å². The minimum atomic E-state index is -0.700. The topological polar surface area (TPSA) is 71.8 Å². The Hall–Kier alpha value is -2.17. The third kappa shape index (κ3) is 4.56. The van der Waals surface area contributed by atoms with Crippen LogP contribution in [-0.2, 0) is 13.2 Å². The molecule has 0 fully saturated rings. The van der Waals surface area contributed by atoms with Crippen LogP contribution in [0.25, 0.3) is 0 Å². The van der Waals surface area contributed by atoms with E-state index in [0.717, 1.165) is 28.1 Å². The van der Waals surface area contributed by atoms with Crippen molar-refractivity contribution in [2.24, 2.45) is 0 Å². The molecule has 0 spiro atoms. The average molecular weight is 479 g/mol. The number of methoxy groups -OCH3 is 2. The van der Waals surface area contributed by atoms with E-state index in [1.165, 1.54) is 11.3 Å². The molecule has 2 heterocycles. The average Bonchev–Trinajstić information content (AvgIpc) is 3.08. The first-order valence-electron chi connectivity index (χ1n) is 9.65. The van der Waals surface area contributed by atoms with Crippen LogP contribution in [0.15, 0.2) is 30.3 Å². The van der Waals surface area contributed by atoms with Gasteiger partial charge in [-0.3, -0.25) is 4.90 Å². The number of hydrogen-bond donors (Lipinski definition) is 2. The van der Waals surface area contributed by atoms with E-state index < -0.39 is 6.10 Å². The van der Waals surface area contributed by atoms with Crippen molar-refractivity contribution in [1.82, 2.24) is 14.7 Å². The van der Waals surface area contributed by atoms with E-state index >= 15 is 0 Å². The predicted octanol–water partition coefficient (Wildman–Crippen LogP) is 4.90. The molecule has 31 heavy (non-hydrogen) atoms. The fourth-order valence-electron chi connectivity index (χ4n) is 3.68. The van der Waals surface area contributed by atoms with Crippen LogP contribution in [0.1, 0.15) is 22.8 Å². The van der Waals surface area contributed by atoms with Crippen molar-refractivity contribution in [3.63, 3.8) is 0 Å². The summed E-state index contributed by atoms with van der Waals surface area (Å²) in [5.74, 6) is 1.39. The van der Waals surface area contributed by atoms with Crippen LogP contribution in [0, 0.1) is 10.9 Å². The van der Waals surface area contributed by atoms with Gasteiger partial charge in [0.25, 0.3) is 0 Å². The van der Waals surface area contributed by atoms with E-state index in [9.17, 15) is 5.11 Å². The van der Waals surface area contributed by atoms with Gasteiger partial charge in [0.15, 0.2) is 3.95 Å². The van der Waals surface area contributed by atoms with Gasteiger partial charge in [-0.2, -0.15) is 0 Å². The molecule has 0 saturated heterocycles. The molecule has 4 rings (SSSR count). The van der Waals surface area contributed by atoms with Crippen molar-refractivity contribution in [3.8, 4) is 11.5 Å². The van der Waals surface area contributed by atoms with E-state index in [-0.39, 0.29) is 0 Å². The lowest BCUT2D eigenvalue weighted by Gasteiger charge is -2.33. The zero-order valence-electron chi connectivity index (χ0n) is 17.4. The number of aromatic nitrogens is 2. The summed E-state index contributed by atoms with van der Waals surface area (Å²) in [5, 5.41) is 20.0. The second kappa shape index (κ2) is 9.13. The van der Waals surface area contributed by atoms with Crippen molar-refractivity contribution in [2.45, 2.75) is 26.2 Å². The van der Waals surface area contributed by atoms with Crippen molar-refractivity contribution < 1.29 is 14.6 Å². The molecular weight excluding hydrogens is 456 g/mol. The van der Waals surface area contributed by atoms with E-state index in [1.54, 1.807) is 18.9 Å². The molecule has 1 aromatic heterocycles.